The van der Waals surface area contributed by atoms with E-state index in [4.69, 9.17) is 4.74 Å². The Morgan fingerprint density at radius 2 is 1.95 bits per heavy atom. The Morgan fingerprint density at radius 3 is 2.50 bits per heavy atom. The van der Waals surface area contributed by atoms with Gasteiger partial charge in [-0.1, -0.05) is 25.3 Å². The third-order valence-electron chi connectivity index (χ3n) is 4.53. The fourth-order valence-corrected chi connectivity index (χ4v) is 3.30. The van der Waals surface area contributed by atoms with E-state index in [1.807, 2.05) is 7.05 Å². The number of nitrogens with one attached hydrogen (secondary N) is 1. The summed E-state index contributed by atoms with van der Waals surface area (Å²) in [6.45, 7) is 0. The predicted molar refractivity (Wildman–Crippen MR) is 75.7 cm³/mol. The lowest BCUT2D eigenvalue weighted by Gasteiger charge is -2.42. The van der Waals surface area contributed by atoms with Crippen molar-refractivity contribution >= 4 is 0 Å². The van der Waals surface area contributed by atoms with Crippen LogP contribution in [0.4, 0.5) is 8.78 Å². The molecule has 4 heteroatoms. The van der Waals surface area contributed by atoms with Gasteiger partial charge in [0.1, 0.15) is 11.6 Å². The molecule has 1 fully saturated rings. The first-order chi connectivity index (χ1) is 9.61. The maximum Gasteiger partial charge on any atom is 0.129 e. The molecule has 1 aromatic carbocycles. The van der Waals surface area contributed by atoms with E-state index in [-0.39, 0.29) is 11.6 Å². The quantitative estimate of drug-likeness (QED) is 0.893. The number of methoxy groups -OCH3 is 1. The van der Waals surface area contributed by atoms with Crippen LogP contribution >= 0.6 is 0 Å². The molecular formula is C16H23F2NO. The molecule has 1 aliphatic rings. The van der Waals surface area contributed by atoms with Gasteiger partial charge in [-0.25, -0.2) is 8.78 Å². The van der Waals surface area contributed by atoms with Gasteiger partial charge in [0, 0.05) is 19.2 Å². The van der Waals surface area contributed by atoms with Crippen LogP contribution in [0.2, 0.25) is 0 Å². The predicted octanol–water partition coefficient (Wildman–Crippen LogP) is 3.44. The summed E-state index contributed by atoms with van der Waals surface area (Å²) < 4.78 is 32.6. The number of ether oxygens (including phenoxy) is 1. The number of hydrogen-bond donors (Lipinski definition) is 1. The average molecular weight is 283 g/mol. The third-order valence-corrected chi connectivity index (χ3v) is 4.53. The van der Waals surface area contributed by atoms with E-state index < -0.39 is 11.6 Å². The van der Waals surface area contributed by atoms with Gasteiger partial charge in [0.15, 0.2) is 0 Å². The van der Waals surface area contributed by atoms with E-state index in [1.54, 1.807) is 7.11 Å². The van der Waals surface area contributed by atoms with Crippen LogP contribution in [-0.4, -0.2) is 25.8 Å². The van der Waals surface area contributed by atoms with Crippen LogP contribution in [0.15, 0.2) is 18.2 Å². The van der Waals surface area contributed by atoms with Crippen LogP contribution in [0.3, 0.4) is 0 Å². The molecule has 1 unspecified atom stereocenters. The fraction of sp³-hybridized carbons (Fsp3) is 0.625. The number of likely N-dealkylation sites (N-methyl/N-ethyl adjacent to an activating group) is 1. The van der Waals surface area contributed by atoms with E-state index in [0.717, 1.165) is 31.7 Å². The van der Waals surface area contributed by atoms with E-state index in [2.05, 4.69) is 5.32 Å². The minimum Gasteiger partial charge on any atom is -0.377 e. The molecule has 1 aromatic rings. The number of hydrogen-bond acceptors (Lipinski definition) is 2. The minimum atomic E-state index is -0.536. The Bertz CT molecular complexity index is 444. The summed E-state index contributed by atoms with van der Waals surface area (Å²) in [4.78, 5) is 0. The van der Waals surface area contributed by atoms with Crippen molar-refractivity contribution in [3.05, 3.63) is 35.4 Å². The van der Waals surface area contributed by atoms with Crippen LogP contribution in [0, 0.1) is 11.6 Å². The summed E-state index contributed by atoms with van der Waals surface area (Å²) in [6, 6.07) is 3.82. The Kier molecular flexibility index (Phi) is 5.11. The van der Waals surface area contributed by atoms with Crippen molar-refractivity contribution in [2.24, 2.45) is 0 Å². The van der Waals surface area contributed by atoms with Gasteiger partial charge in [-0.3, -0.25) is 0 Å². The van der Waals surface area contributed by atoms with Crippen molar-refractivity contribution in [3.63, 3.8) is 0 Å². The van der Waals surface area contributed by atoms with Crippen molar-refractivity contribution in [2.45, 2.75) is 50.2 Å². The molecule has 1 saturated carbocycles. The largest absolute Gasteiger partial charge is 0.377 e. The first kappa shape index (κ1) is 15.4. The third kappa shape index (κ3) is 3.18. The molecule has 0 aromatic heterocycles. The molecular weight excluding hydrogens is 260 g/mol. The van der Waals surface area contributed by atoms with Gasteiger partial charge in [0.05, 0.1) is 5.60 Å². The van der Waals surface area contributed by atoms with Crippen LogP contribution in [0.5, 0.6) is 0 Å². The van der Waals surface area contributed by atoms with Crippen LogP contribution in [0.25, 0.3) is 0 Å². The lowest BCUT2D eigenvalue weighted by molar-refractivity contribution is -0.0658. The van der Waals surface area contributed by atoms with E-state index in [9.17, 15) is 8.78 Å². The van der Waals surface area contributed by atoms with Crippen LogP contribution in [-0.2, 0) is 11.2 Å². The normalized spacial score (nSPS) is 19.8. The topological polar surface area (TPSA) is 21.3 Å². The number of halogens is 2. The zero-order chi connectivity index (χ0) is 14.6. The molecule has 0 spiro atoms. The van der Waals surface area contributed by atoms with Crippen molar-refractivity contribution in [2.75, 3.05) is 14.2 Å². The highest BCUT2D eigenvalue weighted by Gasteiger charge is 2.39. The molecule has 112 valence electrons. The van der Waals surface area contributed by atoms with Gasteiger partial charge in [0.2, 0.25) is 0 Å². The summed E-state index contributed by atoms with van der Waals surface area (Å²) in [6.07, 6.45) is 5.98. The number of rotatable bonds is 5. The Balaban J connectivity index is 2.18. The lowest BCUT2D eigenvalue weighted by Crippen LogP contribution is -2.53. The standard InChI is InChI=1S/C16H23F2NO/c1-19-15(16(20-2)8-4-3-5-9-16)10-12-6-7-13(17)11-14(12)18/h6-7,11,15,19H,3-5,8-10H2,1-2H3. The Hall–Kier alpha value is -1.00. The first-order valence-electron chi connectivity index (χ1n) is 7.27. The zero-order valence-corrected chi connectivity index (χ0v) is 12.2. The summed E-state index contributed by atoms with van der Waals surface area (Å²) in [5, 5.41) is 3.27. The van der Waals surface area contributed by atoms with Gasteiger partial charge >= 0.3 is 0 Å². The lowest BCUT2D eigenvalue weighted by atomic mass is 9.77. The van der Waals surface area contributed by atoms with Crippen molar-refractivity contribution in [3.8, 4) is 0 Å². The molecule has 0 radical (unpaired) electrons. The highest BCUT2D eigenvalue weighted by molar-refractivity contribution is 5.20. The fourth-order valence-electron chi connectivity index (χ4n) is 3.30. The average Bonchev–Trinajstić information content (AvgIpc) is 2.47. The number of benzene rings is 1. The van der Waals surface area contributed by atoms with Gasteiger partial charge in [-0.2, -0.15) is 0 Å². The molecule has 0 bridgehead atoms. The minimum absolute atomic E-state index is 0.0350. The first-order valence-corrected chi connectivity index (χ1v) is 7.27. The van der Waals surface area contributed by atoms with Crippen LogP contribution in [0.1, 0.15) is 37.7 Å². The maximum atomic E-state index is 13.8. The zero-order valence-electron chi connectivity index (χ0n) is 12.2. The highest BCUT2D eigenvalue weighted by atomic mass is 19.1. The second-order valence-electron chi connectivity index (χ2n) is 5.61. The monoisotopic (exact) mass is 283 g/mol. The van der Waals surface area contributed by atoms with E-state index in [1.165, 1.54) is 18.6 Å². The molecule has 1 atom stereocenters. The van der Waals surface area contributed by atoms with Gasteiger partial charge in [0.25, 0.3) is 0 Å². The second kappa shape index (κ2) is 6.64. The van der Waals surface area contributed by atoms with E-state index in [0.29, 0.717) is 12.0 Å². The molecule has 1 aliphatic carbocycles. The van der Waals surface area contributed by atoms with E-state index >= 15 is 0 Å². The molecule has 2 nitrogen and oxygen atoms in total. The van der Waals surface area contributed by atoms with Crippen LogP contribution < -0.4 is 5.32 Å². The molecule has 0 aliphatic heterocycles. The van der Waals surface area contributed by atoms with Gasteiger partial charge in [-0.15, -0.1) is 0 Å². The molecule has 0 saturated heterocycles. The molecule has 0 amide bonds. The molecule has 20 heavy (non-hydrogen) atoms. The smallest absolute Gasteiger partial charge is 0.129 e. The Morgan fingerprint density at radius 1 is 1.25 bits per heavy atom. The second-order valence-corrected chi connectivity index (χ2v) is 5.61. The van der Waals surface area contributed by atoms with Crippen molar-refractivity contribution < 1.29 is 13.5 Å². The summed E-state index contributed by atoms with van der Waals surface area (Å²) in [7, 11) is 3.61. The highest BCUT2D eigenvalue weighted by Crippen LogP contribution is 2.35. The van der Waals surface area contributed by atoms with Crippen molar-refractivity contribution in [1.29, 1.82) is 0 Å². The summed E-state index contributed by atoms with van der Waals surface area (Å²) in [5.41, 5.74) is 0.293. The Labute approximate surface area is 119 Å². The summed E-state index contributed by atoms with van der Waals surface area (Å²) >= 11 is 0. The maximum absolute atomic E-state index is 13.8. The summed E-state index contributed by atoms with van der Waals surface area (Å²) in [5.74, 6) is -1.02. The molecule has 2 rings (SSSR count). The van der Waals surface area contributed by atoms with Crippen molar-refractivity contribution in [1.82, 2.24) is 5.32 Å². The SMILES string of the molecule is CNC(Cc1ccc(F)cc1F)C1(OC)CCCCC1. The molecule has 1 N–H and O–H groups in total. The van der Waals surface area contributed by atoms with Gasteiger partial charge in [-0.05, 0) is 37.9 Å². The van der Waals surface area contributed by atoms with Gasteiger partial charge < -0.3 is 10.1 Å². The molecule has 0 heterocycles.